The Morgan fingerprint density at radius 1 is 1.18 bits per heavy atom. The zero-order chi connectivity index (χ0) is 23.4. The van der Waals surface area contributed by atoms with Crippen LogP contribution in [0.1, 0.15) is 24.5 Å². The number of nitrogens with one attached hydrogen (secondary N) is 2. The molecule has 2 N–H and O–H groups in total. The maximum atomic E-state index is 13.8. The van der Waals surface area contributed by atoms with E-state index in [-0.39, 0.29) is 18.4 Å². The van der Waals surface area contributed by atoms with Crippen LogP contribution < -0.4 is 20.3 Å². The summed E-state index contributed by atoms with van der Waals surface area (Å²) < 4.78 is 6.68. The predicted octanol–water partition coefficient (Wildman–Crippen LogP) is 4.18. The molecular weight excluding hydrogens is 482 g/mol. The number of para-hydroxylation sites is 1. The van der Waals surface area contributed by atoms with Gasteiger partial charge in [-0.1, -0.05) is 53.2 Å². The van der Waals surface area contributed by atoms with Gasteiger partial charge in [-0.05, 0) is 60.0 Å². The highest BCUT2D eigenvalue weighted by Gasteiger charge is 2.32. The molecule has 0 radical (unpaired) electrons. The monoisotopic (exact) mass is 509 g/mol. The topological polar surface area (TPSA) is 70.7 Å². The fourth-order valence-electron chi connectivity index (χ4n) is 4.35. The van der Waals surface area contributed by atoms with Gasteiger partial charge >= 0.3 is 0 Å². The second-order valence-electron chi connectivity index (χ2n) is 8.10. The molecule has 0 aromatic heterocycles. The zero-order valence-corrected chi connectivity index (χ0v) is 20.4. The van der Waals surface area contributed by atoms with Crippen molar-refractivity contribution in [3.8, 4) is 5.75 Å². The number of likely N-dealkylation sites (N-methyl/N-ethyl adjacent to an activating group) is 1. The molecule has 33 heavy (non-hydrogen) atoms. The second kappa shape index (κ2) is 10.4. The molecule has 1 unspecified atom stereocenters. The summed E-state index contributed by atoms with van der Waals surface area (Å²) in [6.45, 7) is 3.18. The van der Waals surface area contributed by atoms with Gasteiger partial charge in [-0.3, -0.25) is 9.59 Å². The summed E-state index contributed by atoms with van der Waals surface area (Å²) in [6, 6.07) is 17.4. The Morgan fingerprint density at radius 2 is 2.00 bits per heavy atom. The van der Waals surface area contributed by atoms with Gasteiger partial charge in [0.15, 0.2) is 0 Å². The van der Waals surface area contributed by atoms with Crippen LogP contribution in [0.4, 0.5) is 5.69 Å². The number of methoxy groups -OCH3 is 1. The van der Waals surface area contributed by atoms with Crippen molar-refractivity contribution in [1.82, 2.24) is 10.6 Å². The Hall–Kier alpha value is -2.90. The second-order valence-corrected chi connectivity index (χ2v) is 9.02. The van der Waals surface area contributed by atoms with Crippen LogP contribution in [-0.4, -0.2) is 38.1 Å². The molecule has 7 heteroatoms. The van der Waals surface area contributed by atoms with Crippen LogP contribution in [0.5, 0.6) is 5.75 Å². The lowest BCUT2D eigenvalue weighted by Crippen LogP contribution is -2.49. The third-order valence-electron chi connectivity index (χ3n) is 6.01. The molecule has 0 spiro atoms. The van der Waals surface area contributed by atoms with Gasteiger partial charge in [0.05, 0.1) is 20.2 Å². The minimum Gasteiger partial charge on any atom is -0.496 e. The minimum absolute atomic E-state index is 0.110. The lowest BCUT2D eigenvalue weighted by atomic mass is 10.0. The molecule has 3 aromatic rings. The van der Waals surface area contributed by atoms with Crippen LogP contribution in [-0.2, 0) is 22.6 Å². The van der Waals surface area contributed by atoms with E-state index in [1.165, 1.54) is 0 Å². The molecule has 0 saturated carbocycles. The van der Waals surface area contributed by atoms with Gasteiger partial charge in [0.25, 0.3) is 0 Å². The first-order valence-corrected chi connectivity index (χ1v) is 12.0. The summed E-state index contributed by atoms with van der Waals surface area (Å²) in [7, 11) is 1.64. The van der Waals surface area contributed by atoms with Crippen molar-refractivity contribution in [2.45, 2.75) is 32.4 Å². The van der Waals surface area contributed by atoms with Crippen LogP contribution in [0.15, 0.2) is 59.1 Å². The van der Waals surface area contributed by atoms with E-state index >= 15 is 0 Å². The van der Waals surface area contributed by atoms with Gasteiger partial charge in [0.1, 0.15) is 11.8 Å². The largest absolute Gasteiger partial charge is 0.496 e. The highest BCUT2D eigenvalue weighted by Crippen LogP contribution is 2.34. The maximum Gasteiger partial charge on any atom is 0.249 e. The summed E-state index contributed by atoms with van der Waals surface area (Å²) in [5, 5.41) is 8.04. The summed E-state index contributed by atoms with van der Waals surface area (Å²) in [4.78, 5) is 27.9. The average Bonchev–Trinajstić information content (AvgIpc) is 2.95. The molecule has 1 aliphatic heterocycles. The van der Waals surface area contributed by atoms with Crippen LogP contribution in [0.2, 0.25) is 0 Å². The Labute approximate surface area is 202 Å². The van der Waals surface area contributed by atoms with Gasteiger partial charge in [0, 0.05) is 15.7 Å². The number of benzene rings is 3. The molecule has 4 rings (SSSR count). The molecular formula is C26H28BrN3O3. The standard InChI is InChI=1S/C26H28BrN3O3/c1-3-28-15-25(31)29-22-12-8-17-6-4-5-7-23(17)30(26(22)32)16-21-20-11-10-19(27)14-18(20)9-13-24(21)33-2/h4-7,9-11,13-14,22,28H,3,8,12,15-16H2,1-2H3,(H,29,31). The van der Waals surface area contributed by atoms with E-state index < -0.39 is 6.04 Å². The van der Waals surface area contributed by atoms with Crippen molar-refractivity contribution >= 4 is 44.2 Å². The van der Waals surface area contributed by atoms with E-state index in [0.717, 1.165) is 37.8 Å². The summed E-state index contributed by atoms with van der Waals surface area (Å²) in [5.74, 6) is 0.446. The number of anilines is 1. The van der Waals surface area contributed by atoms with Crippen molar-refractivity contribution < 1.29 is 14.3 Å². The predicted molar refractivity (Wildman–Crippen MR) is 135 cm³/mol. The zero-order valence-electron chi connectivity index (χ0n) is 18.9. The van der Waals surface area contributed by atoms with E-state index in [0.29, 0.717) is 25.9 Å². The third-order valence-corrected chi connectivity index (χ3v) is 6.50. The van der Waals surface area contributed by atoms with Gasteiger partial charge in [-0.15, -0.1) is 0 Å². The van der Waals surface area contributed by atoms with Crippen molar-refractivity contribution in [2.24, 2.45) is 0 Å². The molecule has 1 heterocycles. The lowest BCUT2D eigenvalue weighted by Gasteiger charge is -2.27. The quantitative estimate of drug-likeness (QED) is 0.501. The average molecular weight is 510 g/mol. The molecule has 3 aromatic carbocycles. The number of hydrogen-bond acceptors (Lipinski definition) is 4. The first-order valence-electron chi connectivity index (χ1n) is 11.2. The first kappa shape index (κ1) is 23.3. The summed E-state index contributed by atoms with van der Waals surface area (Å²) in [6.07, 6.45) is 1.27. The third kappa shape index (κ3) is 5.04. The number of carbonyl (C=O) groups is 2. The molecule has 0 bridgehead atoms. The number of ether oxygens (including phenoxy) is 1. The van der Waals surface area contributed by atoms with E-state index in [1.807, 2.05) is 49.4 Å². The number of aryl methyl sites for hydroxylation is 1. The van der Waals surface area contributed by atoms with E-state index in [9.17, 15) is 9.59 Å². The van der Waals surface area contributed by atoms with Crippen LogP contribution in [0.3, 0.4) is 0 Å². The Bertz CT molecular complexity index is 1180. The number of nitrogens with zero attached hydrogens (tertiary/aromatic N) is 1. The molecule has 172 valence electrons. The minimum atomic E-state index is -0.585. The van der Waals surface area contributed by atoms with E-state index in [2.05, 4.69) is 38.7 Å². The molecule has 0 aliphatic carbocycles. The van der Waals surface area contributed by atoms with Gasteiger partial charge in [-0.2, -0.15) is 0 Å². The van der Waals surface area contributed by atoms with E-state index in [4.69, 9.17) is 4.74 Å². The molecule has 0 saturated heterocycles. The highest BCUT2D eigenvalue weighted by molar-refractivity contribution is 9.10. The van der Waals surface area contributed by atoms with Crippen molar-refractivity contribution in [3.63, 3.8) is 0 Å². The number of hydrogen-bond donors (Lipinski definition) is 2. The van der Waals surface area contributed by atoms with Gasteiger partial charge < -0.3 is 20.3 Å². The van der Waals surface area contributed by atoms with Crippen molar-refractivity contribution in [3.05, 3.63) is 70.2 Å². The molecule has 1 atom stereocenters. The normalized spacial score (nSPS) is 15.8. The maximum absolute atomic E-state index is 13.8. The first-order chi connectivity index (χ1) is 16.0. The van der Waals surface area contributed by atoms with E-state index in [1.54, 1.807) is 12.0 Å². The lowest BCUT2D eigenvalue weighted by molar-refractivity contribution is -0.127. The number of rotatable bonds is 7. The molecule has 2 amide bonds. The van der Waals surface area contributed by atoms with Crippen LogP contribution >= 0.6 is 15.9 Å². The number of carbonyl (C=O) groups excluding carboxylic acids is 2. The highest BCUT2D eigenvalue weighted by atomic mass is 79.9. The molecule has 6 nitrogen and oxygen atoms in total. The SMILES string of the molecule is CCNCC(=O)NC1CCc2ccccc2N(Cc2c(OC)ccc3cc(Br)ccc23)C1=O. The Morgan fingerprint density at radius 3 is 2.79 bits per heavy atom. The summed E-state index contributed by atoms with van der Waals surface area (Å²) >= 11 is 3.54. The number of halogens is 1. The molecule has 0 fully saturated rings. The fourth-order valence-corrected chi connectivity index (χ4v) is 4.73. The van der Waals surface area contributed by atoms with Crippen molar-refractivity contribution in [1.29, 1.82) is 0 Å². The van der Waals surface area contributed by atoms with Gasteiger partial charge in [0.2, 0.25) is 11.8 Å². The molecule has 1 aliphatic rings. The fraction of sp³-hybridized carbons (Fsp3) is 0.308. The Balaban J connectivity index is 1.74. The Kier molecular flexibility index (Phi) is 7.30. The smallest absolute Gasteiger partial charge is 0.249 e. The van der Waals surface area contributed by atoms with Crippen LogP contribution in [0, 0.1) is 0 Å². The number of fused-ring (bicyclic) bond motifs is 2. The summed E-state index contributed by atoms with van der Waals surface area (Å²) in [5.41, 5.74) is 2.91. The van der Waals surface area contributed by atoms with Crippen molar-refractivity contribution in [2.75, 3.05) is 25.1 Å². The number of amides is 2. The van der Waals surface area contributed by atoms with Gasteiger partial charge in [-0.25, -0.2) is 0 Å². The van der Waals surface area contributed by atoms with Crippen LogP contribution in [0.25, 0.3) is 10.8 Å².